The van der Waals surface area contributed by atoms with Crippen LogP contribution >= 0.6 is 0 Å². The Morgan fingerprint density at radius 2 is 1.76 bits per heavy atom. The van der Waals surface area contributed by atoms with E-state index in [4.69, 9.17) is 5.21 Å². The molecule has 3 N–H and O–H groups in total. The number of aromatic nitrogens is 3. The highest BCUT2D eigenvalue weighted by Gasteiger charge is 2.32. The van der Waals surface area contributed by atoms with Crippen molar-refractivity contribution in [3.63, 3.8) is 0 Å². The van der Waals surface area contributed by atoms with Gasteiger partial charge in [-0.05, 0) is 48.0 Å². The number of rotatable bonds is 4. The number of carbonyl (C=O) groups is 2. The van der Waals surface area contributed by atoms with Gasteiger partial charge in [0.15, 0.2) is 0 Å². The molecule has 0 saturated heterocycles. The normalized spacial score (nSPS) is 11.4. The van der Waals surface area contributed by atoms with E-state index in [0.717, 1.165) is 12.1 Å². The highest BCUT2D eigenvalue weighted by Crippen LogP contribution is 2.33. The lowest BCUT2D eigenvalue weighted by Crippen LogP contribution is -2.18. The van der Waals surface area contributed by atoms with Crippen LogP contribution in [0.25, 0.3) is 22.0 Å². The van der Waals surface area contributed by atoms with Gasteiger partial charge in [-0.2, -0.15) is 18.3 Å². The molecule has 0 unspecified atom stereocenters. The number of hydrogen-bond acceptors (Lipinski definition) is 5. The number of nitrogens with zero attached hydrogens (tertiary/aromatic N) is 3. The second kappa shape index (κ2) is 8.36. The van der Waals surface area contributed by atoms with E-state index in [1.165, 1.54) is 46.8 Å². The van der Waals surface area contributed by atoms with Crippen molar-refractivity contribution in [1.29, 1.82) is 0 Å². The van der Waals surface area contributed by atoms with Gasteiger partial charge in [0.2, 0.25) is 0 Å². The molecule has 0 fully saturated rings. The molecule has 4 rings (SSSR count). The molecule has 0 atom stereocenters. The zero-order valence-corrected chi connectivity index (χ0v) is 17.0. The standard InChI is InChI=1S/C22H16F3N5O3/c1-30-11-16(10-27-30)12-4-14(7-17(6-12)22(23,24)25)20(31)28-18-2-3-19-13(8-18)5-15(9-26-19)21(32)29-33/h2-11,33H,1H3,(H,28,31)(H,29,32). The van der Waals surface area contributed by atoms with E-state index >= 15 is 0 Å². The Kier molecular flexibility index (Phi) is 5.56. The topological polar surface area (TPSA) is 109 Å². The first-order valence-corrected chi connectivity index (χ1v) is 9.51. The van der Waals surface area contributed by atoms with Crippen molar-refractivity contribution in [2.75, 3.05) is 5.32 Å². The van der Waals surface area contributed by atoms with Gasteiger partial charge < -0.3 is 5.32 Å². The van der Waals surface area contributed by atoms with E-state index in [-0.39, 0.29) is 22.4 Å². The predicted molar refractivity (Wildman–Crippen MR) is 113 cm³/mol. The molecule has 2 heterocycles. The van der Waals surface area contributed by atoms with Gasteiger partial charge in [0.25, 0.3) is 11.8 Å². The van der Waals surface area contributed by atoms with Gasteiger partial charge in [0.1, 0.15) is 0 Å². The summed E-state index contributed by atoms with van der Waals surface area (Å²) in [6.07, 6.45) is -0.415. The molecule has 0 radical (unpaired) electrons. The van der Waals surface area contributed by atoms with Gasteiger partial charge >= 0.3 is 6.18 Å². The number of hydroxylamine groups is 1. The third kappa shape index (κ3) is 4.67. The number of alkyl halides is 3. The molecule has 0 saturated carbocycles. The maximum Gasteiger partial charge on any atom is 0.416 e. The van der Waals surface area contributed by atoms with Crippen LogP contribution in [0.4, 0.5) is 18.9 Å². The minimum atomic E-state index is -4.65. The minimum absolute atomic E-state index is 0.0902. The average molecular weight is 455 g/mol. The number of halogens is 3. The van der Waals surface area contributed by atoms with E-state index in [2.05, 4.69) is 15.4 Å². The van der Waals surface area contributed by atoms with Crippen molar-refractivity contribution in [2.45, 2.75) is 6.18 Å². The molecule has 11 heteroatoms. The second-order valence-corrected chi connectivity index (χ2v) is 7.23. The number of benzene rings is 2. The summed E-state index contributed by atoms with van der Waals surface area (Å²) in [5.41, 5.74) is 1.89. The lowest BCUT2D eigenvalue weighted by molar-refractivity contribution is -0.137. The second-order valence-electron chi connectivity index (χ2n) is 7.23. The molecular weight excluding hydrogens is 439 g/mol. The summed E-state index contributed by atoms with van der Waals surface area (Å²) < 4.78 is 41.8. The van der Waals surface area contributed by atoms with Crippen molar-refractivity contribution in [2.24, 2.45) is 7.05 Å². The molecule has 0 aliphatic rings. The number of amides is 2. The lowest BCUT2D eigenvalue weighted by Gasteiger charge is -2.12. The Labute approximate surface area is 184 Å². The van der Waals surface area contributed by atoms with E-state index in [9.17, 15) is 22.8 Å². The van der Waals surface area contributed by atoms with E-state index < -0.39 is 23.6 Å². The van der Waals surface area contributed by atoms with Crippen molar-refractivity contribution < 1.29 is 28.0 Å². The van der Waals surface area contributed by atoms with Crippen molar-refractivity contribution in [3.05, 3.63) is 77.7 Å². The minimum Gasteiger partial charge on any atom is -0.322 e. The molecule has 2 aromatic carbocycles. The molecule has 0 aliphatic carbocycles. The number of carbonyl (C=O) groups excluding carboxylic acids is 2. The number of anilines is 1. The first-order chi connectivity index (χ1) is 15.6. The maximum absolute atomic E-state index is 13.5. The molecule has 8 nitrogen and oxygen atoms in total. The average Bonchev–Trinajstić information content (AvgIpc) is 3.23. The van der Waals surface area contributed by atoms with Gasteiger partial charge in [-0.25, -0.2) is 5.48 Å². The molecule has 0 spiro atoms. The van der Waals surface area contributed by atoms with Crippen LogP contribution in [0.1, 0.15) is 26.3 Å². The summed E-state index contributed by atoms with van der Waals surface area (Å²) in [5, 5.41) is 15.8. The third-order valence-corrected chi connectivity index (χ3v) is 4.86. The number of pyridine rings is 1. The summed E-state index contributed by atoms with van der Waals surface area (Å²) in [6.45, 7) is 0. The van der Waals surface area contributed by atoms with Crippen LogP contribution in [-0.2, 0) is 13.2 Å². The first kappa shape index (κ1) is 22.0. The van der Waals surface area contributed by atoms with Crippen LogP contribution in [0, 0.1) is 0 Å². The molecule has 2 aromatic heterocycles. The largest absolute Gasteiger partial charge is 0.416 e. The smallest absolute Gasteiger partial charge is 0.322 e. The zero-order valence-electron chi connectivity index (χ0n) is 17.0. The molecule has 33 heavy (non-hydrogen) atoms. The fraction of sp³-hybridized carbons (Fsp3) is 0.0909. The lowest BCUT2D eigenvalue weighted by atomic mass is 10.0. The zero-order chi connectivity index (χ0) is 23.8. The number of nitrogens with one attached hydrogen (secondary N) is 2. The van der Waals surface area contributed by atoms with Gasteiger partial charge in [-0.15, -0.1) is 0 Å². The molecular formula is C22H16F3N5O3. The molecule has 0 bridgehead atoms. The Morgan fingerprint density at radius 3 is 2.42 bits per heavy atom. The highest BCUT2D eigenvalue weighted by atomic mass is 19.4. The quantitative estimate of drug-likeness (QED) is 0.318. The molecule has 0 aliphatic heterocycles. The van der Waals surface area contributed by atoms with Crippen molar-refractivity contribution >= 4 is 28.4 Å². The third-order valence-electron chi connectivity index (χ3n) is 4.86. The number of aryl methyl sites for hydroxylation is 1. The van der Waals surface area contributed by atoms with Crippen LogP contribution < -0.4 is 10.8 Å². The summed E-state index contributed by atoms with van der Waals surface area (Å²) in [4.78, 5) is 28.5. The van der Waals surface area contributed by atoms with Crippen molar-refractivity contribution in [1.82, 2.24) is 20.2 Å². The summed E-state index contributed by atoms with van der Waals surface area (Å²) in [6, 6.07) is 9.18. The van der Waals surface area contributed by atoms with Crippen LogP contribution in [0.2, 0.25) is 0 Å². The number of hydrogen-bond donors (Lipinski definition) is 3. The maximum atomic E-state index is 13.5. The van der Waals surface area contributed by atoms with E-state index in [0.29, 0.717) is 16.5 Å². The number of fused-ring (bicyclic) bond motifs is 1. The van der Waals surface area contributed by atoms with E-state index in [1.54, 1.807) is 19.3 Å². The van der Waals surface area contributed by atoms with Gasteiger partial charge in [-0.1, -0.05) is 0 Å². The van der Waals surface area contributed by atoms with Gasteiger partial charge in [0.05, 0.1) is 22.8 Å². The Balaban J connectivity index is 1.69. The van der Waals surface area contributed by atoms with Crippen LogP contribution in [0.15, 0.2) is 61.1 Å². The summed E-state index contributed by atoms with van der Waals surface area (Å²) in [5.74, 6) is -1.51. The SMILES string of the molecule is Cn1cc(-c2cc(C(=O)Nc3ccc4ncc(C(=O)NO)cc4c3)cc(C(F)(F)F)c2)cn1. The fourth-order valence-corrected chi connectivity index (χ4v) is 3.26. The first-order valence-electron chi connectivity index (χ1n) is 9.51. The van der Waals surface area contributed by atoms with Crippen molar-refractivity contribution in [3.8, 4) is 11.1 Å². The van der Waals surface area contributed by atoms with Gasteiger partial charge in [0, 0.05) is 41.6 Å². The van der Waals surface area contributed by atoms with E-state index in [1.807, 2.05) is 0 Å². The molecule has 2 amide bonds. The van der Waals surface area contributed by atoms with Crippen LogP contribution in [-0.4, -0.2) is 31.8 Å². The van der Waals surface area contributed by atoms with Crippen LogP contribution in [0.3, 0.4) is 0 Å². The fourth-order valence-electron chi connectivity index (χ4n) is 3.26. The highest BCUT2D eigenvalue weighted by molar-refractivity contribution is 6.06. The molecule has 4 aromatic rings. The molecule has 168 valence electrons. The Morgan fingerprint density at radius 1 is 0.970 bits per heavy atom. The monoisotopic (exact) mass is 455 g/mol. The summed E-state index contributed by atoms with van der Waals surface area (Å²) >= 11 is 0. The Hall–Kier alpha value is -4.25. The summed E-state index contributed by atoms with van der Waals surface area (Å²) in [7, 11) is 1.63. The van der Waals surface area contributed by atoms with Gasteiger partial charge in [-0.3, -0.25) is 24.5 Å². The Bertz CT molecular complexity index is 1380. The predicted octanol–water partition coefficient (Wildman–Crippen LogP) is 4.03. The van der Waals surface area contributed by atoms with Crippen LogP contribution in [0.5, 0.6) is 0 Å².